The van der Waals surface area contributed by atoms with Crippen LogP contribution in [0.15, 0.2) is 29.4 Å². The molecule has 0 radical (unpaired) electrons. The standard InChI is InChI=1S/C23H30N6O2S2/c1-4-16-10-12-18(13-11-16)31-15(2)20-25-28-23(29(20)3)32-14-19(30)24-22-27-26-21(33-22)17-8-6-5-7-9-17/h10-13,15,17H,4-9,14H2,1-3H3,(H,24,27,30). The van der Waals surface area contributed by atoms with Crippen LogP contribution in [0.1, 0.15) is 74.4 Å². The van der Waals surface area contributed by atoms with E-state index in [9.17, 15) is 4.79 Å². The Balaban J connectivity index is 1.29. The number of amides is 1. The van der Waals surface area contributed by atoms with E-state index >= 15 is 0 Å². The number of aryl methyl sites for hydroxylation is 1. The Bertz CT molecular complexity index is 1060. The minimum absolute atomic E-state index is 0.129. The summed E-state index contributed by atoms with van der Waals surface area (Å²) in [6.07, 6.45) is 6.86. The fourth-order valence-electron chi connectivity index (χ4n) is 3.95. The highest BCUT2D eigenvalue weighted by atomic mass is 32.2. The van der Waals surface area contributed by atoms with E-state index < -0.39 is 0 Å². The average Bonchev–Trinajstić information content (AvgIpc) is 3.45. The van der Waals surface area contributed by atoms with Crippen molar-refractivity contribution < 1.29 is 9.53 Å². The minimum Gasteiger partial charge on any atom is -0.483 e. The summed E-state index contributed by atoms with van der Waals surface area (Å²) in [5, 5.41) is 22.1. The molecule has 33 heavy (non-hydrogen) atoms. The fourth-order valence-corrected chi connectivity index (χ4v) is 5.60. The van der Waals surface area contributed by atoms with Crippen LogP contribution in [0.2, 0.25) is 0 Å². The van der Waals surface area contributed by atoms with Crippen molar-refractivity contribution in [3.05, 3.63) is 40.7 Å². The molecule has 8 nitrogen and oxygen atoms in total. The molecule has 0 bridgehead atoms. The predicted octanol–water partition coefficient (Wildman–Crippen LogP) is 5.15. The highest BCUT2D eigenvalue weighted by Crippen LogP contribution is 2.35. The van der Waals surface area contributed by atoms with Crippen molar-refractivity contribution in [1.82, 2.24) is 25.0 Å². The number of benzene rings is 1. The molecule has 1 N–H and O–H groups in total. The van der Waals surface area contributed by atoms with Crippen LogP contribution < -0.4 is 10.1 Å². The maximum absolute atomic E-state index is 12.4. The van der Waals surface area contributed by atoms with Crippen molar-refractivity contribution in [1.29, 1.82) is 0 Å². The third kappa shape index (κ3) is 6.11. The second kappa shape index (κ2) is 11.1. The Morgan fingerprint density at radius 3 is 2.67 bits per heavy atom. The van der Waals surface area contributed by atoms with Gasteiger partial charge in [-0.1, -0.05) is 61.4 Å². The number of carbonyl (C=O) groups excluding carboxylic acids is 1. The Morgan fingerprint density at radius 2 is 1.94 bits per heavy atom. The van der Waals surface area contributed by atoms with E-state index in [-0.39, 0.29) is 17.8 Å². The highest BCUT2D eigenvalue weighted by Gasteiger charge is 2.21. The summed E-state index contributed by atoms with van der Waals surface area (Å²) >= 11 is 2.83. The summed E-state index contributed by atoms with van der Waals surface area (Å²) in [7, 11) is 1.89. The van der Waals surface area contributed by atoms with Crippen molar-refractivity contribution >= 4 is 34.1 Å². The summed E-state index contributed by atoms with van der Waals surface area (Å²) in [5.74, 6) is 2.08. The third-order valence-corrected chi connectivity index (χ3v) is 7.87. The number of anilines is 1. The van der Waals surface area contributed by atoms with Gasteiger partial charge in [-0.3, -0.25) is 10.1 Å². The number of nitrogens with zero attached hydrogens (tertiary/aromatic N) is 5. The first-order valence-electron chi connectivity index (χ1n) is 11.4. The molecule has 0 aliphatic heterocycles. The van der Waals surface area contributed by atoms with Crippen LogP contribution in [0, 0.1) is 0 Å². The van der Waals surface area contributed by atoms with E-state index in [1.54, 1.807) is 0 Å². The first-order valence-corrected chi connectivity index (χ1v) is 13.2. The summed E-state index contributed by atoms with van der Waals surface area (Å²) in [4.78, 5) is 12.4. The zero-order valence-corrected chi connectivity index (χ0v) is 20.9. The lowest BCUT2D eigenvalue weighted by molar-refractivity contribution is -0.113. The number of ether oxygens (including phenoxy) is 1. The first-order chi connectivity index (χ1) is 16.0. The lowest BCUT2D eigenvalue weighted by Gasteiger charge is -2.18. The van der Waals surface area contributed by atoms with Crippen molar-refractivity contribution in [2.45, 2.75) is 69.6 Å². The molecular formula is C23H30N6O2S2. The fraction of sp³-hybridized carbons (Fsp3) is 0.522. The van der Waals surface area contributed by atoms with Gasteiger partial charge in [0.1, 0.15) is 10.8 Å². The summed E-state index contributed by atoms with van der Waals surface area (Å²) in [6, 6.07) is 8.07. The molecule has 1 aliphatic carbocycles. The maximum Gasteiger partial charge on any atom is 0.236 e. The lowest BCUT2D eigenvalue weighted by atomic mass is 9.90. The molecule has 1 unspecified atom stereocenters. The molecule has 1 fully saturated rings. The smallest absolute Gasteiger partial charge is 0.236 e. The normalized spacial score (nSPS) is 15.4. The average molecular weight is 487 g/mol. The molecular weight excluding hydrogens is 456 g/mol. The van der Waals surface area contributed by atoms with E-state index in [4.69, 9.17) is 4.74 Å². The Hall–Kier alpha value is -2.46. The second-order valence-electron chi connectivity index (χ2n) is 8.27. The number of aromatic nitrogens is 5. The van der Waals surface area contributed by atoms with Crippen LogP contribution >= 0.6 is 23.1 Å². The molecule has 176 valence electrons. The van der Waals surface area contributed by atoms with Crippen LogP contribution in [0.5, 0.6) is 5.75 Å². The van der Waals surface area contributed by atoms with Gasteiger partial charge in [-0.05, 0) is 43.9 Å². The Labute approximate surface area is 202 Å². The molecule has 3 aromatic rings. The zero-order valence-electron chi connectivity index (χ0n) is 19.3. The number of hydrogen-bond acceptors (Lipinski definition) is 8. The van der Waals surface area contributed by atoms with Crippen molar-refractivity contribution in [3.63, 3.8) is 0 Å². The molecule has 2 heterocycles. The van der Waals surface area contributed by atoms with E-state index in [0.717, 1.165) is 17.2 Å². The molecule has 2 aromatic heterocycles. The van der Waals surface area contributed by atoms with Gasteiger partial charge in [-0.25, -0.2) is 0 Å². The number of hydrogen-bond donors (Lipinski definition) is 1. The maximum atomic E-state index is 12.4. The quantitative estimate of drug-likeness (QED) is 0.418. The van der Waals surface area contributed by atoms with Gasteiger partial charge in [0.2, 0.25) is 11.0 Å². The minimum atomic E-state index is -0.266. The van der Waals surface area contributed by atoms with Crippen molar-refractivity contribution in [2.75, 3.05) is 11.1 Å². The number of carbonyl (C=O) groups is 1. The second-order valence-corrected chi connectivity index (χ2v) is 10.2. The van der Waals surface area contributed by atoms with Gasteiger partial charge in [-0.15, -0.1) is 20.4 Å². The number of nitrogens with one attached hydrogen (secondary N) is 1. The molecule has 0 spiro atoms. The topological polar surface area (TPSA) is 94.8 Å². The predicted molar refractivity (Wildman–Crippen MR) is 131 cm³/mol. The van der Waals surface area contributed by atoms with Gasteiger partial charge in [0, 0.05) is 13.0 Å². The van der Waals surface area contributed by atoms with Gasteiger partial charge < -0.3 is 9.30 Å². The van der Waals surface area contributed by atoms with Gasteiger partial charge >= 0.3 is 0 Å². The Kier molecular flexibility index (Phi) is 7.97. The molecule has 1 amide bonds. The van der Waals surface area contributed by atoms with Crippen LogP contribution in [0.3, 0.4) is 0 Å². The molecule has 1 aliphatic rings. The zero-order chi connectivity index (χ0) is 23.2. The molecule has 1 atom stereocenters. The third-order valence-electron chi connectivity index (χ3n) is 5.85. The van der Waals surface area contributed by atoms with E-state index in [0.29, 0.717) is 22.0 Å². The molecule has 10 heteroatoms. The molecule has 1 aromatic carbocycles. The highest BCUT2D eigenvalue weighted by molar-refractivity contribution is 7.99. The summed E-state index contributed by atoms with van der Waals surface area (Å²) in [6.45, 7) is 4.07. The van der Waals surface area contributed by atoms with E-state index in [2.05, 4.69) is 44.8 Å². The van der Waals surface area contributed by atoms with Crippen LogP contribution in [-0.2, 0) is 18.3 Å². The van der Waals surface area contributed by atoms with Gasteiger partial charge in [0.25, 0.3) is 0 Å². The summed E-state index contributed by atoms with van der Waals surface area (Å²) < 4.78 is 7.90. The number of thioether (sulfide) groups is 1. The first kappa shape index (κ1) is 23.7. The molecule has 1 saturated carbocycles. The molecule has 0 saturated heterocycles. The van der Waals surface area contributed by atoms with Crippen molar-refractivity contribution in [2.24, 2.45) is 7.05 Å². The summed E-state index contributed by atoms with van der Waals surface area (Å²) in [5.41, 5.74) is 1.27. The monoisotopic (exact) mass is 486 g/mol. The largest absolute Gasteiger partial charge is 0.483 e. The van der Waals surface area contributed by atoms with E-state index in [1.165, 1.54) is 60.8 Å². The van der Waals surface area contributed by atoms with Crippen LogP contribution in [-0.4, -0.2) is 36.6 Å². The van der Waals surface area contributed by atoms with Gasteiger partial charge in [-0.2, -0.15) is 0 Å². The van der Waals surface area contributed by atoms with Gasteiger partial charge in [0.05, 0.1) is 5.75 Å². The van der Waals surface area contributed by atoms with Crippen LogP contribution in [0.25, 0.3) is 0 Å². The lowest BCUT2D eigenvalue weighted by Crippen LogP contribution is -2.14. The SMILES string of the molecule is CCc1ccc(OC(C)c2nnc(SCC(=O)Nc3nnc(C4CCCCC4)s3)n2C)cc1. The van der Waals surface area contributed by atoms with E-state index in [1.807, 2.05) is 30.7 Å². The van der Waals surface area contributed by atoms with Crippen LogP contribution in [0.4, 0.5) is 5.13 Å². The molecule has 4 rings (SSSR count). The Morgan fingerprint density at radius 1 is 1.18 bits per heavy atom. The van der Waals surface area contributed by atoms with Gasteiger partial charge in [0.15, 0.2) is 17.1 Å². The van der Waals surface area contributed by atoms with Crippen molar-refractivity contribution in [3.8, 4) is 5.75 Å². The number of rotatable bonds is 9.